The SMILES string of the molecule is O=C(O)Cc1cccc(C=CCNC(=O)OCC2c3ccccc3-c3ccccc32)c1. The van der Waals surface area contributed by atoms with Crippen LogP contribution in [0.3, 0.4) is 0 Å². The first kappa shape index (κ1) is 20.4. The molecule has 0 saturated carbocycles. The molecular formula is C26H23NO4. The maximum atomic E-state index is 12.2. The molecule has 0 aromatic heterocycles. The standard InChI is InChI=1S/C26H23NO4/c28-25(29)16-19-8-5-7-18(15-19)9-6-14-27-26(30)31-17-24-22-12-3-1-10-20(22)21-11-2-4-13-23(21)24/h1-13,15,24H,14,16-17H2,(H,27,30)(H,28,29). The number of fused-ring (bicyclic) bond motifs is 3. The number of ether oxygens (including phenoxy) is 1. The zero-order chi connectivity index (χ0) is 21.6. The van der Waals surface area contributed by atoms with Gasteiger partial charge in [-0.05, 0) is 33.4 Å². The minimum absolute atomic E-state index is 0.0142. The van der Waals surface area contributed by atoms with Crippen LogP contribution in [0.5, 0.6) is 0 Å². The second-order valence-corrected chi connectivity index (χ2v) is 7.42. The first-order valence-electron chi connectivity index (χ1n) is 10.2. The molecular weight excluding hydrogens is 390 g/mol. The van der Waals surface area contributed by atoms with E-state index in [0.717, 1.165) is 11.1 Å². The van der Waals surface area contributed by atoms with Gasteiger partial charge in [-0.25, -0.2) is 4.79 Å². The molecule has 0 heterocycles. The first-order valence-corrected chi connectivity index (χ1v) is 10.2. The topological polar surface area (TPSA) is 75.6 Å². The van der Waals surface area contributed by atoms with Gasteiger partial charge in [0.2, 0.25) is 0 Å². The van der Waals surface area contributed by atoms with E-state index in [0.29, 0.717) is 6.54 Å². The van der Waals surface area contributed by atoms with Crippen LogP contribution in [0, 0.1) is 0 Å². The molecule has 0 unspecified atom stereocenters. The number of carboxylic acid groups (broad SMARTS) is 1. The Labute approximate surface area is 181 Å². The van der Waals surface area contributed by atoms with Crippen LogP contribution in [0.4, 0.5) is 4.79 Å². The van der Waals surface area contributed by atoms with Crippen molar-refractivity contribution in [2.75, 3.05) is 13.2 Å². The number of carboxylic acids is 1. The second kappa shape index (κ2) is 9.30. The molecule has 0 fully saturated rings. The fourth-order valence-electron chi connectivity index (χ4n) is 3.97. The van der Waals surface area contributed by atoms with Crippen molar-refractivity contribution in [3.63, 3.8) is 0 Å². The van der Waals surface area contributed by atoms with Gasteiger partial charge >= 0.3 is 12.1 Å². The lowest BCUT2D eigenvalue weighted by atomic mass is 9.98. The van der Waals surface area contributed by atoms with Gasteiger partial charge in [0.05, 0.1) is 6.42 Å². The Morgan fingerprint density at radius 2 is 1.61 bits per heavy atom. The Kier molecular flexibility index (Phi) is 6.13. The van der Waals surface area contributed by atoms with E-state index in [4.69, 9.17) is 9.84 Å². The molecule has 156 valence electrons. The van der Waals surface area contributed by atoms with Crippen LogP contribution >= 0.6 is 0 Å². The lowest BCUT2D eigenvalue weighted by molar-refractivity contribution is -0.136. The van der Waals surface area contributed by atoms with Crippen molar-refractivity contribution in [1.29, 1.82) is 0 Å². The molecule has 1 aliphatic rings. The molecule has 0 atom stereocenters. The lowest BCUT2D eigenvalue weighted by Crippen LogP contribution is -2.26. The maximum Gasteiger partial charge on any atom is 0.407 e. The summed E-state index contributed by atoms with van der Waals surface area (Å²) in [7, 11) is 0. The molecule has 0 radical (unpaired) electrons. The van der Waals surface area contributed by atoms with Gasteiger partial charge in [0, 0.05) is 12.5 Å². The number of benzene rings is 3. The largest absolute Gasteiger partial charge is 0.481 e. The van der Waals surface area contributed by atoms with Gasteiger partial charge < -0.3 is 15.2 Å². The van der Waals surface area contributed by atoms with Crippen LogP contribution in [0.2, 0.25) is 0 Å². The van der Waals surface area contributed by atoms with Gasteiger partial charge in [0.15, 0.2) is 0 Å². The highest BCUT2D eigenvalue weighted by atomic mass is 16.5. The Bertz CT molecular complexity index is 1090. The first-order chi connectivity index (χ1) is 15.1. The maximum absolute atomic E-state index is 12.2. The van der Waals surface area contributed by atoms with E-state index in [2.05, 4.69) is 29.6 Å². The molecule has 5 heteroatoms. The summed E-state index contributed by atoms with van der Waals surface area (Å²) in [5, 5.41) is 11.6. The fourth-order valence-corrected chi connectivity index (χ4v) is 3.97. The van der Waals surface area contributed by atoms with Gasteiger partial charge in [-0.1, -0.05) is 84.9 Å². The average Bonchev–Trinajstić information content (AvgIpc) is 3.09. The van der Waals surface area contributed by atoms with Crippen molar-refractivity contribution in [2.24, 2.45) is 0 Å². The van der Waals surface area contributed by atoms with Gasteiger partial charge in [0.1, 0.15) is 6.61 Å². The van der Waals surface area contributed by atoms with Gasteiger partial charge in [-0.2, -0.15) is 0 Å². The van der Waals surface area contributed by atoms with Gasteiger partial charge in [-0.3, -0.25) is 4.79 Å². The Hall–Kier alpha value is -3.86. The van der Waals surface area contributed by atoms with Crippen molar-refractivity contribution in [1.82, 2.24) is 5.32 Å². The number of aliphatic carboxylic acids is 1. The van der Waals surface area contributed by atoms with Crippen LogP contribution in [-0.2, 0) is 16.0 Å². The summed E-state index contributed by atoms with van der Waals surface area (Å²) < 4.78 is 5.51. The quantitative estimate of drug-likeness (QED) is 0.580. The third-order valence-electron chi connectivity index (χ3n) is 5.32. The van der Waals surface area contributed by atoms with Crippen molar-refractivity contribution in [3.8, 4) is 11.1 Å². The summed E-state index contributed by atoms with van der Waals surface area (Å²) in [5.41, 5.74) is 6.36. The summed E-state index contributed by atoms with van der Waals surface area (Å²) >= 11 is 0. The number of hydrogen-bond donors (Lipinski definition) is 2. The minimum Gasteiger partial charge on any atom is -0.481 e. The number of rotatable bonds is 7. The third-order valence-corrected chi connectivity index (χ3v) is 5.32. The highest BCUT2D eigenvalue weighted by Gasteiger charge is 2.28. The van der Waals surface area contributed by atoms with E-state index in [1.54, 1.807) is 12.1 Å². The van der Waals surface area contributed by atoms with Crippen LogP contribution in [0.15, 0.2) is 78.9 Å². The molecule has 3 aromatic carbocycles. The summed E-state index contributed by atoms with van der Waals surface area (Å²) in [5.74, 6) is -0.830. The Balaban J connectivity index is 1.30. The van der Waals surface area contributed by atoms with E-state index < -0.39 is 12.1 Å². The number of carbonyl (C=O) groups excluding carboxylic acids is 1. The zero-order valence-electron chi connectivity index (χ0n) is 17.0. The van der Waals surface area contributed by atoms with Crippen LogP contribution in [-0.4, -0.2) is 30.3 Å². The summed E-state index contributed by atoms with van der Waals surface area (Å²) in [6.07, 6.45) is 3.17. The third kappa shape index (κ3) is 4.83. The normalized spacial score (nSPS) is 12.4. The molecule has 4 rings (SSSR count). The molecule has 0 bridgehead atoms. The van der Waals surface area contributed by atoms with Crippen LogP contribution < -0.4 is 5.32 Å². The smallest absolute Gasteiger partial charge is 0.407 e. The number of amides is 1. The van der Waals surface area contributed by atoms with E-state index in [1.807, 2.05) is 48.5 Å². The molecule has 1 aliphatic carbocycles. The predicted molar refractivity (Wildman–Crippen MR) is 120 cm³/mol. The highest BCUT2D eigenvalue weighted by Crippen LogP contribution is 2.44. The molecule has 1 amide bonds. The molecule has 31 heavy (non-hydrogen) atoms. The highest BCUT2D eigenvalue weighted by molar-refractivity contribution is 5.79. The minimum atomic E-state index is -0.863. The summed E-state index contributed by atoms with van der Waals surface area (Å²) in [4.78, 5) is 23.0. The zero-order valence-corrected chi connectivity index (χ0v) is 17.0. The Morgan fingerprint density at radius 1 is 0.935 bits per heavy atom. The van der Waals surface area contributed by atoms with E-state index in [1.165, 1.54) is 22.3 Å². The Morgan fingerprint density at radius 3 is 2.29 bits per heavy atom. The molecule has 0 spiro atoms. The van der Waals surface area contributed by atoms with E-state index in [9.17, 15) is 9.59 Å². The number of alkyl carbamates (subject to hydrolysis) is 1. The average molecular weight is 413 g/mol. The predicted octanol–water partition coefficient (Wildman–Crippen LogP) is 4.87. The van der Waals surface area contributed by atoms with Gasteiger partial charge in [0.25, 0.3) is 0 Å². The van der Waals surface area contributed by atoms with E-state index in [-0.39, 0.29) is 18.9 Å². The monoisotopic (exact) mass is 413 g/mol. The van der Waals surface area contributed by atoms with Crippen molar-refractivity contribution in [3.05, 3.63) is 101 Å². The summed E-state index contributed by atoms with van der Waals surface area (Å²) in [6, 6.07) is 23.7. The van der Waals surface area contributed by atoms with Crippen LogP contribution in [0.25, 0.3) is 17.2 Å². The molecule has 3 aromatic rings. The lowest BCUT2D eigenvalue weighted by Gasteiger charge is -2.14. The van der Waals surface area contributed by atoms with Crippen molar-refractivity contribution < 1.29 is 19.4 Å². The van der Waals surface area contributed by atoms with Crippen molar-refractivity contribution >= 4 is 18.1 Å². The second-order valence-electron chi connectivity index (χ2n) is 7.42. The number of nitrogens with one attached hydrogen (secondary N) is 1. The fraction of sp³-hybridized carbons (Fsp3) is 0.154. The molecule has 2 N–H and O–H groups in total. The molecule has 5 nitrogen and oxygen atoms in total. The number of carbonyl (C=O) groups is 2. The summed E-state index contributed by atoms with van der Waals surface area (Å²) in [6.45, 7) is 0.598. The van der Waals surface area contributed by atoms with Gasteiger partial charge in [-0.15, -0.1) is 0 Å². The molecule has 0 aliphatic heterocycles. The molecule has 0 saturated heterocycles. The van der Waals surface area contributed by atoms with Crippen LogP contribution in [0.1, 0.15) is 28.2 Å². The van der Waals surface area contributed by atoms with E-state index >= 15 is 0 Å². The number of hydrogen-bond acceptors (Lipinski definition) is 3. The van der Waals surface area contributed by atoms with Crippen molar-refractivity contribution in [2.45, 2.75) is 12.3 Å².